The molecule has 0 atom stereocenters. The fourth-order valence-corrected chi connectivity index (χ4v) is 4.27. The normalized spacial score (nSPS) is 10.6. The molecule has 0 amide bonds. The van der Waals surface area contributed by atoms with Crippen molar-refractivity contribution in [3.8, 4) is 17.2 Å². The van der Waals surface area contributed by atoms with E-state index < -0.39 is 0 Å². The maximum Gasteiger partial charge on any atom is 0.184 e. The Morgan fingerprint density at radius 3 is 2.48 bits per heavy atom. The van der Waals surface area contributed by atoms with Crippen LogP contribution in [0.1, 0.15) is 0 Å². The van der Waals surface area contributed by atoms with Crippen LogP contribution in [0.15, 0.2) is 52.9 Å². The van der Waals surface area contributed by atoms with Crippen LogP contribution in [0, 0.1) is 9.77 Å². The van der Waals surface area contributed by atoms with Gasteiger partial charge in [0.1, 0.15) is 17.3 Å². The molecule has 8 heteroatoms. The zero-order valence-corrected chi connectivity index (χ0v) is 15.8. The SMILES string of the molecule is COc1ccc(OCCSc2nn(-c3ccc(F)cc3)c(=S)s2)cc1. The molecule has 1 heterocycles. The van der Waals surface area contributed by atoms with Gasteiger partial charge in [-0.3, -0.25) is 0 Å². The number of hydrogen-bond donors (Lipinski definition) is 0. The van der Waals surface area contributed by atoms with E-state index in [9.17, 15) is 4.39 Å². The largest absolute Gasteiger partial charge is 0.497 e. The van der Waals surface area contributed by atoms with Gasteiger partial charge in [-0.1, -0.05) is 23.1 Å². The molecule has 0 aliphatic rings. The lowest BCUT2D eigenvalue weighted by molar-refractivity contribution is 0.342. The minimum absolute atomic E-state index is 0.282. The third-order valence-electron chi connectivity index (χ3n) is 3.24. The molecule has 3 rings (SSSR count). The number of ether oxygens (including phenoxy) is 2. The van der Waals surface area contributed by atoms with Crippen LogP contribution in [0.4, 0.5) is 4.39 Å². The number of aromatic nitrogens is 2. The second kappa shape index (κ2) is 8.46. The zero-order chi connectivity index (χ0) is 17.6. The summed E-state index contributed by atoms with van der Waals surface area (Å²) in [5.74, 6) is 2.06. The van der Waals surface area contributed by atoms with Gasteiger partial charge in [0, 0.05) is 5.75 Å². The second-order valence-electron chi connectivity index (χ2n) is 4.89. The zero-order valence-electron chi connectivity index (χ0n) is 13.3. The lowest BCUT2D eigenvalue weighted by Gasteiger charge is -2.06. The van der Waals surface area contributed by atoms with E-state index in [1.807, 2.05) is 24.3 Å². The highest BCUT2D eigenvalue weighted by atomic mass is 32.2. The average molecular weight is 395 g/mol. The fourth-order valence-electron chi connectivity index (χ4n) is 2.03. The molecule has 25 heavy (non-hydrogen) atoms. The Morgan fingerprint density at radius 1 is 1.12 bits per heavy atom. The first kappa shape index (κ1) is 17.9. The molecule has 0 radical (unpaired) electrons. The standard InChI is InChI=1S/C17H15FN2O2S3/c1-21-14-6-8-15(9-7-14)22-10-11-24-16-19-20(17(23)25-16)13-4-2-12(18)3-5-13/h2-9H,10-11H2,1H3. The van der Waals surface area contributed by atoms with Crippen LogP contribution in [-0.4, -0.2) is 29.3 Å². The van der Waals surface area contributed by atoms with E-state index in [1.165, 1.54) is 23.5 Å². The number of thioether (sulfide) groups is 1. The van der Waals surface area contributed by atoms with Crippen LogP contribution < -0.4 is 9.47 Å². The monoisotopic (exact) mass is 394 g/mol. The van der Waals surface area contributed by atoms with Crippen LogP contribution in [0.25, 0.3) is 5.69 Å². The molecule has 0 N–H and O–H groups in total. The summed E-state index contributed by atoms with van der Waals surface area (Å²) < 4.78 is 26.9. The topological polar surface area (TPSA) is 36.3 Å². The van der Waals surface area contributed by atoms with Crippen molar-refractivity contribution in [2.24, 2.45) is 0 Å². The van der Waals surface area contributed by atoms with Crippen molar-refractivity contribution in [2.75, 3.05) is 19.5 Å². The third kappa shape index (κ3) is 4.81. The Hall–Kier alpha value is -1.90. The minimum Gasteiger partial charge on any atom is -0.497 e. The van der Waals surface area contributed by atoms with E-state index in [0.29, 0.717) is 10.6 Å². The maximum atomic E-state index is 13.0. The summed E-state index contributed by atoms with van der Waals surface area (Å²) in [4.78, 5) is 0. The maximum absolute atomic E-state index is 13.0. The third-order valence-corrected chi connectivity index (χ3v) is 5.57. The molecule has 0 aliphatic heterocycles. The molecule has 130 valence electrons. The van der Waals surface area contributed by atoms with Crippen molar-refractivity contribution in [1.82, 2.24) is 9.78 Å². The van der Waals surface area contributed by atoms with Gasteiger partial charge in [0.25, 0.3) is 0 Å². The summed E-state index contributed by atoms with van der Waals surface area (Å²) >= 11 is 8.34. The quantitative estimate of drug-likeness (QED) is 0.321. The van der Waals surface area contributed by atoms with Crippen molar-refractivity contribution in [1.29, 1.82) is 0 Å². The number of nitrogens with zero attached hydrogens (tertiary/aromatic N) is 2. The van der Waals surface area contributed by atoms with E-state index in [2.05, 4.69) is 5.10 Å². The highest BCUT2D eigenvalue weighted by Gasteiger charge is 2.07. The summed E-state index contributed by atoms with van der Waals surface area (Å²) in [5.41, 5.74) is 0.754. The lowest BCUT2D eigenvalue weighted by atomic mass is 10.3. The molecular formula is C17H15FN2O2S3. The number of halogens is 1. The summed E-state index contributed by atoms with van der Waals surface area (Å²) in [5, 5.41) is 4.48. The molecule has 0 saturated carbocycles. The molecule has 0 bridgehead atoms. The van der Waals surface area contributed by atoms with E-state index >= 15 is 0 Å². The number of methoxy groups -OCH3 is 1. The number of rotatable bonds is 7. The van der Waals surface area contributed by atoms with E-state index in [4.69, 9.17) is 21.7 Å². The first-order valence-corrected chi connectivity index (χ1v) is 9.62. The van der Waals surface area contributed by atoms with Gasteiger partial charge in [-0.15, -0.1) is 5.10 Å². The van der Waals surface area contributed by atoms with Gasteiger partial charge in [-0.05, 0) is 60.7 Å². The Bertz CT molecular complexity index is 876. The molecule has 4 nitrogen and oxygen atoms in total. The molecule has 3 aromatic rings. The molecule has 0 unspecified atom stereocenters. The van der Waals surface area contributed by atoms with Gasteiger partial charge in [0.15, 0.2) is 8.29 Å². The van der Waals surface area contributed by atoms with Crippen molar-refractivity contribution in [3.63, 3.8) is 0 Å². The minimum atomic E-state index is -0.282. The molecular weight excluding hydrogens is 379 g/mol. The Morgan fingerprint density at radius 2 is 1.80 bits per heavy atom. The Labute approximate surface area is 158 Å². The second-order valence-corrected chi connectivity index (χ2v) is 7.86. The highest BCUT2D eigenvalue weighted by molar-refractivity contribution is 8.01. The number of hydrogen-bond acceptors (Lipinski definition) is 6. The molecule has 2 aromatic carbocycles. The van der Waals surface area contributed by atoms with E-state index in [-0.39, 0.29) is 5.82 Å². The smallest absolute Gasteiger partial charge is 0.184 e. The van der Waals surface area contributed by atoms with Crippen molar-refractivity contribution < 1.29 is 13.9 Å². The summed E-state index contributed by atoms with van der Waals surface area (Å²) in [6.45, 7) is 0.555. The van der Waals surface area contributed by atoms with E-state index in [1.54, 1.807) is 35.7 Å². The van der Waals surface area contributed by atoms with Crippen molar-refractivity contribution >= 4 is 35.3 Å². The number of benzene rings is 2. The van der Waals surface area contributed by atoms with Crippen LogP contribution >= 0.6 is 35.3 Å². The predicted molar refractivity (Wildman–Crippen MR) is 101 cm³/mol. The van der Waals surface area contributed by atoms with Crippen LogP contribution in [0.3, 0.4) is 0 Å². The average Bonchev–Trinajstić information content (AvgIpc) is 3.00. The van der Waals surface area contributed by atoms with Gasteiger partial charge in [-0.25, -0.2) is 9.07 Å². The van der Waals surface area contributed by atoms with Crippen molar-refractivity contribution in [3.05, 3.63) is 58.3 Å². The molecule has 0 fully saturated rings. The lowest BCUT2D eigenvalue weighted by Crippen LogP contribution is -2.00. The van der Waals surface area contributed by atoms with Crippen LogP contribution in [0.2, 0.25) is 0 Å². The van der Waals surface area contributed by atoms with Gasteiger partial charge < -0.3 is 9.47 Å². The fraction of sp³-hybridized carbons (Fsp3) is 0.176. The van der Waals surface area contributed by atoms with Gasteiger partial charge in [-0.2, -0.15) is 0 Å². The first-order chi connectivity index (χ1) is 12.2. The summed E-state index contributed by atoms with van der Waals surface area (Å²) in [6, 6.07) is 13.6. The predicted octanol–water partition coefficient (Wildman–Crippen LogP) is 4.98. The van der Waals surface area contributed by atoms with Gasteiger partial charge >= 0.3 is 0 Å². The van der Waals surface area contributed by atoms with Crippen LogP contribution in [0.5, 0.6) is 11.5 Å². The van der Waals surface area contributed by atoms with Crippen molar-refractivity contribution in [2.45, 2.75) is 4.34 Å². The summed E-state index contributed by atoms with van der Waals surface area (Å²) in [7, 11) is 1.63. The van der Waals surface area contributed by atoms with Crippen LogP contribution in [-0.2, 0) is 0 Å². The van der Waals surface area contributed by atoms with Gasteiger partial charge in [0.2, 0.25) is 0 Å². The molecule has 0 spiro atoms. The molecule has 1 aromatic heterocycles. The first-order valence-electron chi connectivity index (χ1n) is 7.41. The molecule has 0 saturated heterocycles. The molecule has 0 aliphatic carbocycles. The van der Waals surface area contributed by atoms with E-state index in [0.717, 1.165) is 27.3 Å². The Kier molecular flexibility index (Phi) is 6.06. The van der Waals surface area contributed by atoms with Gasteiger partial charge in [0.05, 0.1) is 19.4 Å². The highest BCUT2D eigenvalue weighted by Crippen LogP contribution is 2.24. The Balaban J connectivity index is 1.54. The summed E-state index contributed by atoms with van der Waals surface area (Å²) in [6.07, 6.45) is 0.